The van der Waals surface area contributed by atoms with Crippen LogP contribution in [0.5, 0.6) is 0 Å². The molecule has 23 heavy (non-hydrogen) atoms. The number of carbonyl (C=O) groups is 1. The van der Waals surface area contributed by atoms with Gasteiger partial charge >= 0.3 is 144 Å². The van der Waals surface area contributed by atoms with Crippen LogP contribution in [-0.4, -0.2) is 36.5 Å². The molecule has 2 aromatic heterocycles. The van der Waals surface area contributed by atoms with Crippen molar-refractivity contribution < 1.29 is 4.79 Å². The number of carbonyl (C=O) groups excluding carboxylic acids is 1. The molecule has 0 amide bonds. The maximum atomic E-state index is 11.4. The van der Waals surface area contributed by atoms with Gasteiger partial charge in [0.15, 0.2) is 0 Å². The molecular weight excluding hydrogens is 375 g/mol. The van der Waals surface area contributed by atoms with Gasteiger partial charge in [0, 0.05) is 0 Å². The molecule has 3 aromatic rings. The summed E-state index contributed by atoms with van der Waals surface area (Å²) in [4.78, 5) is 20.3. The maximum absolute atomic E-state index is 11.4. The van der Waals surface area contributed by atoms with Crippen molar-refractivity contribution in [3.63, 3.8) is 0 Å². The number of aryl methyl sites for hydroxylation is 1. The van der Waals surface area contributed by atoms with Gasteiger partial charge in [-0.05, 0) is 0 Å². The molecule has 0 saturated heterocycles. The summed E-state index contributed by atoms with van der Waals surface area (Å²) in [6.45, 7) is 3.42. The molecule has 0 aliphatic rings. The number of anilines is 1. The first-order valence-electron chi connectivity index (χ1n) is 6.92. The molecule has 0 aliphatic carbocycles. The van der Waals surface area contributed by atoms with Gasteiger partial charge in [-0.15, -0.1) is 0 Å². The van der Waals surface area contributed by atoms with Crippen molar-refractivity contribution in [3.8, 4) is 10.6 Å². The van der Waals surface area contributed by atoms with Crippen LogP contribution in [0, 0.1) is 6.92 Å². The molecule has 7 heteroatoms. The molecule has 0 unspecified atom stereocenters. The zero-order valence-corrected chi connectivity index (χ0v) is 15.1. The zero-order valence-electron chi connectivity index (χ0n) is 12.6. The molecule has 0 radical (unpaired) electrons. The average Bonchev–Trinajstić information content (AvgIpc) is 3.15. The third-order valence-electron chi connectivity index (χ3n) is 3.02. The number of nitrogens with zero attached hydrogens (tertiary/aromatic N) is 3. The van der Waals surface area contributed by atoms with Crippen LogP contribution in [0.3, 0.4) is 0 Å². The fraction of sp³-hybridized carbons (Fsp3) is 0.125. The number of thiazole rings is 1. The number of hydrazone groups is 1. The van der Waals surface area contributed by atoms with Crippen molar-refractivity contribution in [3.05, 3.63) is 51.5 Å². The van der Waals surface area contributed by atoms with Gasteiger partial charge in [-0.3, -0.25) is 0 Å². The fourth-order valence-electron chi connectivity index (χ4n) is 1.98. The molecule has 116 valence electrons. The van der Waals surface area contributed by atoms with E-state index < -0.39 is 0 Å². The summed E-state index contributed by atoms with van der Waals surface area (Å²) in [5.41, 5.74) is 5.59. The number of ketones is 1. The molecule has 2 heterocycles. The van der Waals surface area contributed by atoms with E-state index in [9.17, 15) is 4.79 Å². The number of Topliss-reactive ketones (excluding diaryl/α,β-unsaturated/α-hetero) is 1. The molecule has 0 bridgehead atoms. The quantitative estimate of drug-likeness (QED) is 0.315. The molecule has 5 nitrogen and oxygen atoms in total. The van der Waals surface area contributed by atoms with Crippen LogP contribution >= 0.6 is 11.3 Å². The van der Waals surface area contributed by atoms with E-state index >= 15 is 0 Å². The molecule has 0 fully saturated rings. The first-order chi connectivity index (χ1) is 11.1. The number of benzene rings is 1. The van der Waals surface area contributed by atoms with Gasteiger partial charge in [-0.2, -0.15) is 0 Å². The van der Waals surface area contributed by atoms with Gasteiger partial charge in [-0.1, -0.05) is 0 Å². The summed E-state index contributed by atoms with van der Waals surface area (Å²) >= 11 is 1.49. The number of nitrogens with one attached hydrogen (secondary N) is 1. The van der Waals surface area contributed by atoms with Crippen LogP contribution in [0.1, 0.15) is 27.5 Å². The Kier molecular flexibility index (Phi) is 4.81. The number of aromatic nitrogens is 2. The normalized spacial score (nSPS) is 11.0. The minimum absolute atomic E-state index is 0.0824. The second-order valence-electron chi connectivity index (χ2n) is 4.80. The van der Waals surface area contributed by atoms with Crippen LogP contribution in [-0.2, 0) is 0 Å². The van der Waals surface area contributed by atoms with E-state index in [1.165, 1.54) is 0 Å². The third-order valence-corrected chi connectivity index (χ3v) is 6.37. The molecule has 0 saturated carbocycles. The van der Waals surface area contributed by atoms with Crippen molar-refractivity contribution in [1.82, 2.24) is 9.97 Å². The van der Waals surface area contributed by atoms with Crippen LogP contribution in [0.15, 0.2) is 40.8 Å². The van der Waals surface area contributed by atoms with Gasteiger partial charge in [0.25, 0.3) is 0 Å². The van der Waals surface area contributed by atoms with Crippen molar-refractivity contribution in [1.29, 1.82) is 0 Å². The van der Waals surface area contributed by atoms with E-state index in [4.69, 9.17) is 0 Å². The second-order valence-corrected chi connectivity index (χ2v) is 7.76. The first kappa shape index (κ1) is 15.8. The molecular formula is C16H14N4OSSe. The molecule has 1 N–H and O–H groups in total. The van der Waals surface area contributed by atoms with Gasteiger partial charge in [0.1, 0.15) is 0 Å². The Balaban J connectivity index is 1.68. The Labute approximate surface area is 143 Å². The standard InChI is InChI=1S/C16H14N4OSSe/c1-10-14(11(2)21)23-16(18-10)20-17-8-13-9-22-15(19-13)12-6-4-3-5-7-12/h3-9H,1-2H3,(H,18,20)/b17-8+. The molecule has 3 rings (SSSR count). The van der Waals surface area contributed by atoms with E-state index in [1.807, 2.05) is 42.6 Å². The van der Waals surface area contributed by atoms with Crippen LogP contribution < -0.4 is 5.43 Å². The van der Waals surface area contributed by atoms with E-state index in [0.29, 0.717) is 0 Å². The van der Waals surface area contributed by atoms with Crippen molar-refractivity contribution in [2.45, 2.75) is 13.8 Å². The van der Waals surface area contributed by atoms with Crippen LogP contribution in [0.4, 0.5) is 4.69 Å². The second kappa shape index (κ2) is 7.00. The third kappa shape index (κ3) is 3.82. The molecule has 1 aromatic carbocycles. The predicted molar refractivity (Wildman–Crippen MR) is 94.7 cm³/mol. The number of hydrogen-bond donors (Lipinski definition) is 1. The topological polar surface area (TPSA) is 67.2 Å². The molecule has 0 atom stereocenters. The van der Waals surface area contributed by atoms with Gasteiger partial charge in [0.2, 0.25) is 0 Å². The Hall–Kier alpha value is -2.08. The summed E-state index contributed by atoms with van der Waals surface area (Å²) in [5.74, 6) is 0.0824. The predicted octanol–water partition coefficient (Wildman–Crippen LogP) is 3.22. The summed E-state index contributed by atoms with van der Waals surface area (Å²) < 4.78 is 1.55. The molecule has 0 aliphatic heterocycles. The van der Waals surface area contributed by atoms with Gasteiger partial charge in [-0.25, -0.2) is 0 Å². The SMILES string of the molecule is CC(=O)c1[se]c(N/N=C/c2csc(-c3ccccc3)n2)nc1C. The van der Waals surface area contributed by atoms with E-state index in [2.05, 4.69) is 20.5 Å². The Morgan fingerprint density at radius 2 is 2.09 bits per heavy atom. The van der Waals surface area contributed by atoms with Gasteiger partial charge < -0.3 is 0 Å². The van der Waals surface area contributed by atoms with E-state index in [-0.39, 0.29) is 20.3 Å². The summed E-state index contributed by atoms with van der Waals surface area (Å²) in [5, 5.41) is 7.10. The van der Waals surface area contributed by atoms with Crippen molar-refractivity contribution in [2.24, 2.45) is 5.10 Å². The van der Waals surface area contributed by atoms with E-state index in [0.717, 1.165) is 31.1 Å². The summed E-state index contributed by atoms with van der Waals surface area (Å²) in [7, 11) is 0. The number of rotatable bonds is 5. The van der Waals surface area contributed by atoms with Crippen LogP contribution in [0.2, 0.25) is 0 Å². The first-order valence-corrected chi connectivity index (χ1v) is 9.51. The monoisotopic (exact) mass is 390 g/mol. The number of hydrogen-bond acceptors (Lipinski definition) is 6. The summed E-state index contributed by atoms with van der Waals surface area (Å²) in [6.07, 6.45) is 1.67. The Morgan fingerprint density at radius 3 is 2.78 bits per heavy atom. The fourth-order valence-corrected chi connectivity index (χ4v) is 4.46. The molecule has 0 spiro atoms. The van der Waals surface area contributed by atoms with Gasteiger partial charge in [0.05, 0.1) is 0 Å². The van der Waals surface area contributed by atoms with Crippen molar-refractivity contribution >= 4 is 42.5 Å². The Bertz CT molecular complexity index is 854. The van der Waals surface area contributed by atoms with Crippen LogP contribution in [0.25, 0.3) is 10.6 Å². The van der Waals surface area contributed by atoms with E-state index in [1.54, 1.807) is 24.5 Å². The average molecular weight is 389 g/mol. The van der Waals surface area contributed by atoms with Crippen molar-refractivity contribution in [2.75, 3.05) is 5.43 Å². The minimum atomic E-state index is -0.0927. The zero-order chi connectivity index (χ0) is 16.2. The Morgan fingerprint density at radius 1 is 1.30 bits per heavy atom. The summed E-state index contributed by atoms with van der Waals surface area (Å²) in [6, 6.07) is 10.0.